The molecule has 0 fully saturated rings. The molecular weight excluding hydrogens is 663 g/mol. The Morgan fingerprint density at radius 1 is 0.236 bits per heavy atom. The molecule has 1 heteroatoms. The van der Waals surface area contributed by atoms with E-state index in [1.54, 1.807) is 0 Å². The zero-order valence-electron chi connectivity index (χ0n) is 30.3. The molecule has 0 saturated heterocycles. The maximum atomic E-state index is 2.42. The van der Waals surface area contributed by atoms with Gasteiger partial charge in [0.2, 0.25) is 0 Å². The number of para-hydroxylation sites is 1. The molecule has 1 nitrogen and oxygen atoms in total. The monoisotopic (exact) mass is 699 g/mol. The van der Waals surface area contributed by atoms with Crippen molar-refractivity contribution in [1.29, 1.82) is 0 Å². The number of rotatable bonds is 7. The van der Waals surface area contributed by atoms with E-state index in [2.05, 4.69) is 229 Å². The smallest absolute Gasteiger partial charge is 0.0540 e. The minimum atomic E-state index is 1.09. The average molecular weight is 700 g/mol. The van der Waals surface area contributed by atoms with Gasteiger partial charge >= 0.3 is 0 Å². The Balaban J connectivity index is 1.25. The van der Waals surface area contributed by atoms with Crippen LogP contribution in [0.25, 0.3) is 76.8 Å². The summed E-state index contributed by atoms with van der Waals surface area (Å²) in [6.45, 7) is 0. The second-order valence-electron chi connectivity index (χ2n) is 14.1. The molecule has 0 N–H and O–H groups in total. The van der Waals surface area contributed by atoms with Gasteiger partial charge in [-0.15, -0.1) is 0 Å². The lowest BCUT2D eigenvalue weighted by Gasteiger charge is -2.29. The van der Waals surface area contributed by atoms with E-state index in [1.165, 1.54) is 76.8 Å². The van der Waals surface area contributed by atoms with Gasteiger partial charge in [-0.2, -0.15) is 0 Å². The summed E-state index contributed by atoms with van der Waals surface area (Å²) in [7, 11) is 0. The molecule has 0 aliphatic carbocycles. The van der Waals surface area contributed by atoms with Crippen molar-refractivity contribution in [3.63, 3.8) is 0 Å². The number of fused-ring (bicyclic) bond motifs is 4. The molecule has 55 heavy (non-hydrogen) atoms. The highest BCUT2D eigenvalue weighted by Crippen LogP contribution is 2.46. The molecule has 0 saturated carbocycles. The topological polar surface area (TPSA) is 3.24 Å². The van der Waals surface area contributed by atoms with Gasteiger partial charge in [-0.05, 0) is 120 Å². The summed E-state index contributed by atoms with van der Waals surface area (Å²) in [5.74, 6) is 0. The highest BCUT2D eigenvalue weighted by Gasteiger charge is 2.21. The van der Waals surface area contributed by atoms with Crippen LogP contribution in [-0.2, 0) is 0 Å². The van der Waals surface area contributed by atoms with Crippen LogP contribution < -0.4 is 4.90 Å². The van der Waals surface area contributed by atoms with Crippen molar-refractivity contribution in [1.82, 2.24) is 0 Å². The fourth-order valence-electron chi connectivity index (χ4n) is 8.17. The molecule has 10 aromatic rings. The maximum Gasteiger partial charge on any atom is 0.0540 e. The number of hydrogen-bond donors (Lipinski definition) is 0. The van der Waals surface area contributed by atoms with Crippen molar-refractivity contribution < 1.29 is 0 Å². The molecule has 10 rings (SSSR count). The van der Waals surface area contributed by atoms with Gasteiger partial charge in [0.1, 0.15) is 0 Å². The average Bonchev–Trinajstić information content (AvgIpc) is 3.27. The van der Waals surface area contributed by atoms with Crippen LogP contribution in [-0.4, -0.2) is 0 Å². The predicted octanol–water partition coefficient (Wildman–Crippen LogP) is 15.3. The molecule has 10 aromatic carbocycles. The largest absolute Gasteiger partial charge is 0.310 e. The third kappa shape index (κ3) is 6.02. The van der Waals surface area contributed by atoms with Crippen molar-refractivity contribution in [2.75, 3.05) is 4.90 Å². The first-order chi connectivity index (χ1) is 27.3. The molecule has 0 aromatic heterocycles. The van der Waals surface area contributed by atoms with Crippen LogP contribution in [0.4, 0.5) is 17.1 Å². The minimum Gasteiger partial charge on any atom is -0.310 e. The minimum absolute atomic E-state index is 1.09. The van der Waals surface area contributed by atoms with E-state index in [-0.39, 0.29) is 0 Å². The summed E-state index contributed by atoms with van der Waals surface area (Å²) in [4.78, 5) is 2.42. The molecule has 0 heterocycles. The van der Waals surface area contributed by atoms with Gasteiger partial charge in [-0.3, -0.25) is 0 Å². The van der Waals surface area contributed by atoms with Gasteiger partial charge in [0.15, 0.2) is 0 Å². The zero-order valence-corrected chi connectivity index (χ0v) is 30.3. The van der Waals surface area contributed by atoms with Crippen molar-refractivity contribution >= 4 is 49.4 Å². The number of nitrogens with zero attached hydrogens (tertiary/aromatic N) is 1. The molecule has 258 valence electrons. The first-order valence-corrected chi connectivity index (χ1v) is 18.9. The highest BCUT2D eigenvalue weighted by atomic mass is 15.1. The van der Waals surface area contributed by atoms with E-state index in [0.29, 0.717) is 0 Å². The van der Waals surface area contributed by atoms with Crippen molar-refractivity contribution in [3.05, 3.63) is 224 Å². The maximum absolute atomic E-state index is 2.42. The Bertz CT molecular complexity index is 2970. The standard InChI is InChI=1S/C54H37N/c1-4-16-38(17-5-1)42-30-33-54(52(35-42)40-19-6-2-7-20-40)55(45-23-8-3-9-24-45)46-31-32-50(51(37-46)44-29-28-39-18-10-11-21-41(39)34-44)53-36-43-22-12-13-25-47(43)48-26-14-15-27-49(48)53/h1-37H. The normalized spacial score (nSPS) is 11.3. The number of anilines is 3. The molecule has 0 atom stereocenters. The summed E-state index contributed by atoms with van der Waals surface area (Å²) in [6, 6.07) is 81.6. The zero-order chi connectivity index (χ0) is 36.6. The van der Waals surface area contributed by atoms with Crippen LogP contribution in [0.3, 0.4) is 0 Å². The van der Waals surface area contributed by atoms with E-state index in [9.17, 15) is 0 Å². The molecule has 0 unspecified atom stereocenters. The van der Waals surface area contributed by atoms with E-state index in [1.807, 2.05) is 0 Å². The van der Waals surface area contributed by atoms with Crippen LogP contribution >= 0.6 is 0 Å². The van der Waals surface area contributed by atoms with Crippen molar-refractivity contribution in [2.45, 2.75) is 0 Å². The van der Waals surface area contributed by atoms with Crippen molar-refractivity contribution in [2.24, 2.45) is 0 Å². The van der Waals surface area contributed by atoms with Gasteiger partial charge in [0.25, 0.3) is 0 Å². The number of benzene rings is 10. The summed E-state index contributed by atoms with van der Waals surface area (Å²) in [6.07, 6.45) is 0. The van der Waals surface area contributed by atoms with E-state index in [0.717, 1.165) is 17.1 Å². The fraction of sp³-hybridized carbons (Fsp3) is 0. The lowest BCUT2D eigenvalue weighted by Crippen LogP contribution is -2.11. The van der Waals surface area contributed by atoms with Crippen LogP contribution in [0, 0.1) is 0 Å². The molecule has 0 aliphatic rings. The third-order valence-electron chi connectivity index (χ3n) is 10.8. The Hall–Kier alpha value is -7.22. The second kappa shape index (κ2) is 14.0. The van der Waals surface area contributed by atoms with Crippen LogP contribution in [0.15, 0.2) is 224 Å². The number of hydrogen-bond acceptors (Lipinski definition) is 1. The summed E-state index contributed by atoms with van der Waals surface area (Å²) >= 11 is 0. The van der Waals surface area contributed by atoms with Crippen LogP contribution in [0.1, 0.15) is 0 Å². The molecule has 0 spiro atoms. The summed E-state index contributed by atoms with van der Waals surface area (Å²) in [5, 5.41) is 7.48. The van der Waals surface area contributed by atoms with Gasteiger partial charge < -0.3 is 4.90 Å². The highest BCUT2D eigenvalue weighted by molar-refractivity contribution is 6.15. The molecule has 0 bridgehead atoms. The molecule has 0 radical (unpaired) electrons. The van der Waals surface area contributed by atoms with E-state index < -0.39 is 0 Å². The Kier molecular flexibility index (Phi) is 8.24. The Morgan fingerprint density at radius 3 is 1.60 bits per heavy atom. The molecule has 0 aliphatic heterocycles. The lowest BCUT2D eigenvalue weighted by atomic mass is 9.88. The van der Waals surface area contributed by atoms with E-state index >= 15 is 0 Å². The molecule has 0 amide bonds. The van der Waals surface area contributed by atoms with Gasteiger partial charge in [0, 0.05) is 16.9 Å². The summed E-state index contributed by atoms with van der Waals surface area (Å²) < 4.78 is 0. The summed E-state index contributed by atoms with van der Waals surface area (Å²) in [5.41, 5.74) is 12.8. The van der Waals surface area contributed by atoms with Crippen molar-refractivity contribution in [3.8, 4) is 44.5 Å². The molecular formula is C54H37N. The quantitative estimate of drug-likeness (QED) is 0.150. The van der Waals surface area contributed by atoms with Crippen LogP contribution in [0.2, 0.25) is 0 Å². The Labute approximate surface area is 322 Å². The first-order valence-electron chi connectivity index (χ1n) is 18.9. The first kappa shape index (κ1) is 32.4. The Morgan fingerprint density at radius 2 is 0.836 bits per heavy atom. The SMILES string of the molecule is c1ccc(-c2ccc(N(c3ccccc3)c3ccc(-c4cc5ccccc5c5ccccc45)c(-c4ccc5ccccc5c4)c3)c(-c3ccccc3)c2)cc1. The fourth-order valence-corrected chi connectivity index (χ4v) is 8.17. The van der Waals surface area contributed by atoms with Gasteiger partial charge in [-0.1, -0.05) is 176 Å². The van der Waals surface area contributed by atoms with Crippen LogP contribution in [0.5, 0.6) is 0 Å². The van der Waals surface area contributed by atoms with E-state index in [4.69, 9.17) is 0 Å². The lowest BCUT2D eigenvalue weighted by molar-refractivity contribution is 1.28. The predicted molar refractivity (Wildman–Crippen MR) is 235 cm³/mol. The third-order valence-corrected chi connectivity index (χ3v) is 10.8. The second-order valence-corrected chi connectivity index (χ2v) is 14.1. The van der Waals surface area contributed by atoms with Gasteiger partial charge in [0.05, 0.1) is 5.69 Å². The van der Waals surface area contributed by atoms with Gasteiger partial charge in [-0.25, -0.2) is 0 Å².